The van der Waals surface area contributed by atoms with Crippen LogP contribution in [0.2, 0.25) is 0 Å². The van der Waals surface area contributed by atoms with Crippen LogP contribution in [-0.2, 0) is 0 Å². The minimum absolute atomic E-state index is 0.779. The van der Waals surface area contributed by atoms with Crippen molar-refractivity contribution in [1.29, 1.82) is 0 Å². The Balaban J connectivity index is 1.59. The number of anilines is 2. The number of nitrogens with two attached hydrogens (primary N) is 2. The number of hydrogen-bond donors (Lipinski definition) is 2. The quantitative estimate of drug-likeness (QED) is 0.200. The van der Waals surface area contributed by atoms with Gasteiger partial charge in [0.2, 0.25) is 0 Å². The minimum atomic E-state index is 0.779. The van der Waals surface area contributed by atoms with Crippen molar-refractivity contribution < 1.29 is 0 Å². The molecular formula is C34H24N2. The van der Waals surface area contributed by atoms with Crippen LogP contribution in [0.5, 0.6) is 0 Å². The van der Waals surface area contributed by atoms with Crippen molar-refractivity contribution in [2.45, 2.75) is 0 Å². The molecule has 0 atom stereocenters. The van der Waals surface area contributed by atoms with Crippen LogP contribution in [0.15, 0.2) is 121 Å². The van der Waals surface area contributed by atoms with Gasteiger partial charge in [-0.1, -0.05) is 84.9 Å². The summed E-state index contributed by atoms with van der Waals surface area (Å²) in [5, 5.41) is 9.63. The van der Waals surface area contributed by atoms with E-state index < -0.39 is 0 Å². The van der Waals surface area contributed by atoms with E-state index in [0.29, 0.717) is 0 Å². The molecule has 0 aliphatic rings. The zero-order chi connectivity index (χ0) is 24.2. The summed E-state index contributed by atoms with van der Waals surface area (Å²) in [5.41, 5.74) is 18.7. The molecule has 0 bridgehead atoms. The molecule has 0 radical (unpaired) electrons. The standard InChI is InChI=1S/C34H24N2/c35-27-15-13-21-9-11-23(17-25(21)19-27)33-29-5-1-2-6-30(29)34(32-8-4-3-7-31(32)33)24-12-10-22-14-16-28(36)20-26(22)18-24/h1-20H,35-36H2. The summed E-state index contributed by atoms with van der Waals surface area (Å²) in [5.74, 6) is 0. The summed E-state index contributed by atoms with van der Waals surface area (Å²) in [4.78, 5) is 0. The van der Waals surface area contributed by atoms with Gasteiger partial charge < -0.3 is 11.5 Å². The maximum absolute atomic E-state index is 6.12. The molecule has 0 saturated heterocycles. The van der Waals surface area contributed by atoms with Gasteiger partial charge in [0, 0.05) is 11.4 Å². The second-order valence-corrected chi connectivity index (χ2v) is 9.48. The molecule has 0 aliphatic heterocycles. The van der Waals surface area contributed by atoms with Gasteiger partial charge in [-0.25, -0.2) is 0 Å². The first-order chi connectivity index (χ1) is 17.7. The Morgan fingerprint density at radius 3 is 1.08 bits per heavy atom. The summed E-state index contributed by atoms with van der Waals surface area (Å²) >= 11 is 0. The van der Waals surface area contributed by atoms with Crippen molar-refractivity contribution in [1.82, 2.24) is 0 Å². The molecular weight excluding hydrogens is 436 g/mol. The lowest BCUT2D eigenvalue weighted by Gasteiger charge is -2.18. The molecule has 0 aliphatic carbocycles. The third-order valence-electron chi connectivity index (χ3n) is 7.24. The number of rotatable bonds is 2. The molecule has 0 amide bonds. The highest BCUT2D eigenvalue weighted by Gasteiger charge is 2.17. The van der Waals surface area contributed by atoms with Crippen molar-refractivity contribution in [2.24, 2.45) is 0 Å². The summed E-state index contributed by atoms with van der Waals surface area (Å²) < 4.78 is 0. The van der Waals surface area contributed by atoms with E-state index in [9.17, 15) is 0 Å². The minimum Gasteiger partial charge on any atom is -0.399 e. The summed E-state index contributed by atoms with van der Waals surface area (Å²) in [7, 11) is 0. The van der Waals surface area contributed by atoms with Crippen LogP contribution >= 0.6 is 0 Å². The van der Waals surface area contributed by atoms with Crippen molar-refractivity contribution in [3.63, 3.8) is 0 Å². The molecule has 170 valence electrons. The van der Waals surface area contributed by atoms with E-state index in [4.69, 9.17) is 11.5 Å². The Morgan fingerprint density at radius 1 is 0.333 bits per heavy atom. The van der Waals surface area contributed by atoms with E-state index in [1.54, 1.807) is 0 Å². The molecule has 0 heterocycles. The second kappa shape index (κ2) is 7.86. The van der Waals surface area contributed by atoms with Gasteiger partial charge in [-0.3, -0.25) is 0 Å². The monoisotopic (exact) mass is 460 g/mol. The Labute approximate surface area is 209 Å². The first-order valence-corrected chi connectivity index (χ1v) is 12.2. The van der Waals surface area contributed by atoms with Crippen LogP contribution in [0.1, 0.15) is 0 Å². The van der Waals surface area contributed by atoms with Crippen LogP contribution in [0.25, 0.3) is 65.3 Å². The van der Waals surface area contributed by atoms with E-state index in [0.717, 1.165) is 22.1 Å². The van der Waals surface area contributed by atoms with Crippen LogP contribution in [0.3, 0.4) is 0 Å². The summed E-state index contributed by atoms with van der Waals surface area (Å²) in [6.45, 7) is 0. The fourth-order valence-corrected chi connectivity index (χ4v) is 5.59. The molecule has 7 aromatic carbocycles. The van der Waals surface area contributed by atoms with Gasteiger partial charge in [0.15, 0.2) is 0 Å². The highest BCUT2D eigenvalue weighted by atomic mass is 14.5. The lowest BCUT2D eigenvalue weighted by atomic mass is 9.85. The van der Waals surface area contributed by atoms with Crippen LogP contribution < -0.4 is 11.5 Å². The first-order valence-electron chi connectivity index (χ1n) is 12.2. The predicted molar refractivity (Wildman–Crippen MR) is 156 cm³/mol. The summed E-state index contributed by atoms with van der Waals surface area (Å²) in [6.07, 6.45) is 0. The van der Waals surface area contributed by atoms with Gasteiger partial charge in [-0.05, 0) is 102 Å². The molecule has 0 saturated carbocycles. The van der Waals surface area contributed by atoms with E-state index in [1.807, 2.05) is 12.1 Å². The molecule has 2 nitrogen and oxygen atoms in total. The van der Waals surface area contributed by atoms with Crippen LogP contribution in [0.4, 0.5) is 11.4 Å². The van der Waals surface area contributed by atoms with E-state index in [2.05, 4.69) is 109 Å². The average molecular weight is 461 g/mol. The fraction of sp³-hybridized carbons (Fsp3) is 0. The van der Waals surface area contributed by atoms with Crippen molar-refractivity contribution in [3.8, 4) is 22.3 Å². The van der Waals surface area contributed by atoms with Crippen LogP contribution in [-0.4, -0.2) is 0 Å². The van der Waals surface area contributed by atoms with Gasteiger partial charge in [0.05, 0.1) is 0 Å². The normalized spacial score (nSPS) is 11.6. The van der Waals surface area contributed by atoms with Gasteiger partial charge in [0.25, 0.3) is 0 Å². The second-order valence-electron chi connectivity index (χ2n) is 9.48. The molecule has 0 aromatic heterocycles. The van der Waals surface area contributed by atoms with Crippen molar-refractivity contribution >= 4 is 54.5 Å². The lowest BCUT2D eigenvalue weighted by Crippen LogP contribution is -1.91. The topological polar surface area (TPSA) is 52.0 Å². The molecule has 0 spiro atoms. The number of nitrogen functional groups attached to an aromatic ring is 2. The molecule has 2 heteroatoms. The maximum atomic E-state index is 6.12. The number of hydrogen-bond acceptors (Lipinski definition) is 2. The fourth-order valence-electron chi connectivity index (χ4n) is 5.59. The smallest absolute Gasteiger partial charge is 0.0320 e. The van der Waals surface area contributed by atoms with Gasteiger partial charge in [-0.2, -0.15) is 0 Å². The largest absolute Gasteiger partial charge is 0.399 e. The van der Waals surface area contributed by atoms with Crippen molar-refractivity contribution in [3.05, 3.63) is 121 Å². The Bertz CT molecular complexity index is 1770. The highest BCUT2D eigenvalue weighted by Crippen LogP contribution is 2.44. The van der Waals surface area contributed by atoms with E-state index in [1.165, 1.54) is 54.6 Å². The molecule has 0 fully saturated rings. The highest BCUT2D eigenvalue weighted by molar-refractivity contribution is 6.22. The van der Waals surface area contributed by atoms with Crippen molar-refractivity contribution in [2.75, 3.05) is 11.5 Å². The number of benzene rings is 7. The van der Waals surface area contributed by atoms with Gasteiger partial charge in [-0.15, -0.1) is 0 Å². The third kappa shape index (κ3) is 3.19. The van der Waals surface area contributed by atoms with E-state index >= 15 is 0 Å². The average Bonchev–Trinajstić information content (AvgIpc) is 2.90. The Hall–Kier alpha value is -4.82. The van der Waals surface area contributed by atoms with Gasteiger partial charge >= 0.3 is 0 Å². The molecule has 7 rings (SSSR count). The zero-order valence-electron chi connectivity index (χ0n) is 19.7. The number of fused-ring (bicyclic) bond motifs is 4. The molecule has 36 heavy (non-hydrogen) atoms. The Kier molecular flexibility index (Phi) is 4.49. The maximum Gasteiger partial charge on any atom is 0.0320 e. The third-order valence-corrected chi connectivity index (χ3v) is 7.24. The summed E-state index contributed by atoms with van der Waals surface area (Å²) in [6, 6.07) is 43.0. The SMILES string of the molecule is Nc1ccc2ccc(-c3c4ccccc4c(-c4ccc5ccc(N)cc5c4)c4ccccc34)cc2c1. The zero-order valence-corrected chi connectivity index (χ0v) is 19.7. The van der Waals surface area contributed by atoms with Gasteiger partial charge in [0.1, 0.15) is 0 Å². The molecule has 7 aromatic rings. The molecule has 4 N–H and O–H groups in total. The Morgan fingerprint density at radius 2 is 0.694 bits per heavy atom. The predicted octanol–water partition coefficient (Wildman–Crippen LogP) is 8.80. The van der Waals surface area contributed by atoms with Crippen LogP contribution in [0, 0.1) is 0 Å². The lowest BCUT2D eigenvalue weighted by molar-refractivity contribution is 1.67. The first kappa shape index (κ1) is 20.5. The van der Waals surface area contributed by atoms with E-state index in [-0.39, 0.29) is 0 Å². The molecule has 0 unspecified atom stereocenters.